The fraction of sp³-hybridized carbons (Fsp3) is 0.552. The van der Waals surface area contributed by atoms with E-state index in [9.17, 15) is 13.2 Å². The van der Waals surface area contributed by atoms with Gasteiger partial charge in [0.2, 0.25) is 10.0 Å². The zero-order chi connectivity index (χ0) is 25.7. The van der Waals surface area contributed by atoms with Crippen LogP contribution >= 0.6 is 0 Å². The molecule has 0 aromatic heterocycles. The molecule has 8 heteroatoms. The Hall–Kier alpha value is -2.42. The molecule has 2 aromatic rings. The third-order valence-electron chi connectivity index (χ3n) is 8.29. The molecule has 0 atom stereocenters. The first-order valence-corrected chi connectivity index (χ1v) is 15.4. The Balaban J connectivity index is 1.18. The topological polar surface area (TPSA) is 73.0 Å². The summed E-state index contributed by atoms with van der Waals surface area (Å²) in [7, 11) is -3.53. The smallest absolute Gasteiger partial charge is 0.256 e. The van der Waals surface area contributed by atoms with Crippen molar-refractivity contribution in [2.75, 3.05) is 44.2 Å². The molecule has 2 heterocycles. The van der Waals surface area contributed by atoms with Crippen molar-refractivity contribution in [3.05, 3.63) is 60.2 Å². The number of carbonyl (C=O) groups excluding carboxylic acids is 1. The van der Waals surface area contributed by atoms with E-state index in [1.54, 1.807) is 24.3 Å². The van der Waals surface area contributed by atoms with Gasteiger partial charge in [0.1, 0.15) is 0 Å². The normalized spacial score (nSPS) is 21.1. The van der Waals surface area contributed by atoms with Crippen molar-refractivity contribution in [2.45, 2.75) is 68.3 Å². The van der Waals surface area contributed by atoms with Crippen molar-refractivity contribution in [3.8, 4) is 0 Å². The van der Waals surface area contributed by atoms with Gasteiger partial charge in [-0.25, -0.2) is 13.1 Å². The summed E-state index contributed by atoms with van der Waals surface area (Å²) in [6, 6.07) is 17.0. The van der Waals surface area contributed by atoms with Gasteiger partial charge >= 0.3 is 0 Å². The molecular weight excluding hydrogens is 484 g/mol. The van der Waals surface area contributed by atoms with E-state index in [0.717, 1.165) is 37.4 Å². The molecule has 0 radical (unpaired) electrons. The lowest BCUT2D eigenvalue weighted by Crippen LogP contribution is -2.52. The fourth-order valence-electron chi connectivity index (χ4n) is 6.14. The molecule has 1 aliphatic carbocycles. The summed E-state index contributed by atoms with van der Waals surface area (Å²) < 4.78 is 28.3. The molecule has 1 amide bonds. The quantitative estimate of drug-likeness (QED) is 0.576. The maximum atomic E-state index is 13.6. The molecule has 1 saturated carbocycles. The Morgan fingerprint density at radius 1 is 0.730 bits per heavy atom. The summed E-state index contributed by atoms with van der Waals surface area (Å²) in [5, 5.41) is 0. The molecule has 0 bridgehead atoms. The van der Waals surface area contributed by atoms with E-state index in [4.69, 9.17) is 0 Å². The molecule has 37 heavy (non-hydrogen) atoms. The van der Waals surface area contributed by atoms with Crippen molar-refractivity contribution < 1.29 is 13.2 Å². The predicted molar refractivity (Wildman–Crippen MR) is 147 cm³/mol. The number of sulfonamides is 1. The Morgan fingerprint density at radius 2 is 1.35 bits per heavy atom. The summed E-state index contributed by atoms with van der Waals surface area (Å²) in [6.45, 7) is 4.92. The zero-order valence-corrected chi connectivity index (χ0v) is 22.5. The highest BCUT2D eigenvalue weighted by Gasteiger charge is 2.30. The number of nitrogens with zero attached hydrogens (tertiary/aromatic N) is 3. The lowest BCUT2D eigenvalue weighted by molar-refractivity contribution is 0.0552. The molecule has 200 valence electrons. The number of benzene rings is 2. The fourth-order valence-corrected chi connectivity index (χ4v) is 7.47. The lowest BCUT2D eigenvalue weighted by atomic mass is 10.0. The number of hydrogen-bond acceptors (Lipinski definition) is 5. The van der Waals surface area contributed by atoms with Gasteiger partial charge in [-0.3, -0.25) is 9.69 Å². The number of nitrogens with one attached hydrogen (secondary N) is 1. The van der Waals surface area contributed by atoms with Crippen LogP contribution in [0.3, 0.4) is 0 Å². The highest BCUT2D eigenvalue weighted by molar-refractivity contribution is 7.89. The zero-order valence-electron chi connectivity index (χ0n) is 21.7. The summed E-state index contributed by atoms with van der Waals surface area (Å²) in [5.41, 5.74) is 1.72. The Kier molecular flexibility index (Phi) is 8.47. The number of carbonyl (C=O) groups is 1. The number of hydrogen-bond donors (Lipinski definition) is 1. The van der Waals surface area contributed by atoms with Crippen LogP contribution < -0.4 is 9.62 Å². The number of piperidine rings is 1. The van der Waals surface area contributed by atoms with E-state index in [1.165, 1.54) is 38.5 Å². The molecule has 0 unspecified atom stereocenters. The largest absolute Gasteiger partial charge is 0.371 e. The maximum Gasteiger partial charge on any atom is 0.256 e. The van der Waals surface area contributed by atoms with Crippen LogP contribution in [-0.2, 0) is 10.0 Å². The van der Waals surface area contributed by atoms with E-state index < -0.39 is 10.0 Å². The summed E-state index contributed by atoms with van der Waals surface area (Å²) in [6.07, 6.45) is 9.40. The molecule has 3 aliphatic rings. The number of anilines is 1. The molecule has 3 fully saturated rings. The molecule has 2 saturated heterocycles. The van der Waals surface area contributed by atoms with Gasteiger partial charge in [0.25, 0.3) is 5.91 Å². The minimum Gasteiger partial charge on any atom is -0.371 e. The minimum absolute atomic E-state index is 0.110. The van der Waals surface area contributed by atoms with Gasteiger partial charge in [-0.05, 0) is 49.9 Å². The Bertz CT molecular complexity index is 1130. The average Bonchev–Trinajstić information content (AvgIpc) is 3.23. The molecule has 5 rings (SSSR count). The van der Waals surface area contributed by atoms with Crippen molar-refractivity contribution >= 4 is 21.6 Å². The van der Waals surface area contributed by atoms with Crippen LogP contribution in [-0.4, -0.2) is 75.5 Å². The van der Waals surface area contributed by atoms with Crippen molar-refractivity contribution in [1.29, 1.82) is 0 Å². The van der Waals surface area contributed by atoms with E-state index in [2.05, 4.69) is 14.5 Å². The molecular formula is C29H40N4O3S. The van der Waals surface area contributed by atoms with Crippen LogP contribution in [0.25, 0.3) is 0 Å². The first-order chi connectivity index (χ1) is 18.0. The number of piperazine rings is 1. The highest BCUT2D eigenvalue weighted by Crippen LogP contribution is 2.28. The third kappa shape index (κ3) is 6.36. The van der Waals surface area contributed by atoms with Crippen molar-refractivity contribution in [3.63, 3.8) is 0 Å². The first kappa shape index (κ1) is 26.2. The third-order valence-corrected chi connectivity index (χ3v) is 9.82. The van der Waals surface area contributed by atoms with Crippen LogP contribution in [0, 0.1) is 0 Å². The van der Waals surface area contributed by atoms with E-state index in [1.807, 2.05) is 35.2 Å². The van der Waals surface area contributed by atoms with Crippen molar-refractivity contribution in [1.82, 2.24) is 14.5 Å². The number of amides is 1. The van der Waals surface area contributed by atoms with Gasteiger partial charge in [-0.2, -0.15) is 0 Å². The molecule has 2 aromatic carbocycles. The monoisotopic (exact) mass is 524 g/mol. The lowest BCUT2D eigenvalue weighted by Gasteiger charge is -2.40. The van der Waals surface area contributed by atoms with Crippen LogP contribution in [0.2, 0.25) is 0 Å². The van der Waals surface area contributed by atoms with Gasteiger partial charge < -0.3 is 9.80 Å². The number of para-hydroxylation sites is 1. The van der Waals surface area contributed by atoms with E-state index >= 15 is 0 Å². The second-order valence-corrected chi connectivity index (χ2v) is 12.4. The van der Waals surface area contributed by atoms with Crippen LogP contribution in [0.1, 0.15) is 61.7 Å². The molecule has 0 spiro atoms. The van der Waals surface area contributed by atoms with E-state index in [-0.39, 0.29) is 11.9 Å². The Labute approximate surface area is 221 Å². The average molecular weight is 525 g/mol. The summed E-state index contributed by atoms with van der Waals surface area (Å²) >= 11 is 0. The minimum atomic E-state index is -3.53. The van der Waals surface area contributed by atoms with Crippen LogP contribution in [0.5, 0.6) is 0 Å². The summed E-state index contributed by atoms with van der Waals surface area (Å²) in [4.78, 5) is 20.8. The van der Waals surface area contributed by atoms with Gasteiger partial charge in [0.15, 0.2) is 0 Å². The van der Waals surface area contributed by atoms with Crippen LogP contribution in [0.4, 0.5) is 5.69 Å². The molecule has 2 aliphatic heterocycles. The Morgan fingerprint density at radius 3 is 2.03 bits per heavy atom. The maximum absolute atomic E-state index is 13.6. The second kappa shape index (κ2) is 12.0. The molecule has 1 N–H and O–H groups in total. The first-order valence-electron chi connectivity index (χ1n) is 14.0. The second-order valence-electron chi connectivity index (χ2n) is 10.7. The van der Waals surface area contributed by atoms with Gasteiger partial charge in [0.05, 0.1) is 10.5 Å². The van der Waals surface area contributed by atoms with Gasteiger partial charge in [-0.15, -0.1) is 0 Å². The highest BCUT2D eigenvalue weighted by atomic mass is 32.2. The summed E-state index contributed by atoms with van der Waals surface area (Å²) in [5.74, 6) is 0.114. The SMILES string of the molecule is O=C(c1ccccc1N1CCC(NS(=O)(=O)c2ccccc2)CC1)N1CCN(C2CCCCCC2)CC1. The van der Waals surface area contributed by atoms with Gasteiger partial charge in [-0.1, -0.05) is 56.0 Å². The molecule has 7 nitrogen and oxygen atoms in total. The standard InChI is InChI=1S/C29H40N4O3S/c34-29(33-22-20-31(21-23-33)25-10-4-1-2-5-11-25)27-14-8-9-15-28(27)32-18-16-24(17-19-32)30-37(35,36)26-12-6-3-7-13-26/h3,6-9,12-15,24-25,30H,1-2,4-5,10-11,16-23H2. The van der Waals surface area contributed by atoms with Gasteiger partial charge in [0, 0.05) is 57.0 Å². The van der Waals surface area contributed by atoms with E-state index in [0.29, 0.717) is 36.9 Å². The van der Waals surface area contributed by atoms with Crippen molar-refractivity contribution in [2.24, 2.45) is 0 Å². The number of rotatable bonds is 6. The van der Waals surface area contributed by atoms with Crippen LogP contribution in [0.15, 0.2) is 59.5 Å². The predicted octanol–water partition coefficient (Wildman–Crippen LogP) is 4.11.